The second-order valence-corrected chi connectivity index (χ2v) is 2.75. The Morgan fingerprint density at radius 3 is 2.54 bits per heavy atom. The number of allylic oxidation sites excluding steroid dienone is 3. The summed E-state index contributed by atoms with van der Waals surface area (Å²) in [6.07, 6.45) is 8.11. The third-order valence-corrected chi connectivity index (χ3v) is 1.59. The fraction of sp³-hybridized carbons (Fsp3) is 0.545. The molecule has 74 valence electrons. The van der Waals surface area contributed by atoms with Crippen LogP contribution in [-0.2, 0) is 9.53 Å². The molecule has 0 aliphatic heterocycles. The van der Waals surface area contributed by atoms with Gasteiger partial charge in [-0.2, -0.15) is 0 Å². The molecular weight excluding hydrogens is 164 g/mol. The fourth-order valence-electron chi connectivity index (χ4n) is 0.957. The minimum atomic E-state index is -0.234. The monoisotopic (exact) mass is 182 g/mol. The number of hydrogen-bond acceptors (Lipinski definition) is 2. The first-order valence-electron chi connectivity index (χ1n) is 4.69. The molecule has 0 aromatic carbocycles. The third-order valence-electron chi connectivity index (χ3n) is 1.59. The van der Waals surface area contributed by atoms with E-state index < -0.39 is 0 Å². The summed E-state index contributed by atoms with van der Waals surface area (Å²) in [6, 6.07) is 0. The van der Waals surface area contributed by atoms with Crippen LogP contribution in [0.2, 0.25) is 0 Å². The van der Waals surface area contributed by atoms with Gasteiger partial charge in [-0.1, -0.05) is 31.6 Å². The Balaban J connectivity index is 3.80. The smallest absolute Gasteiger partial charge is 0.302 e. The molecule has 0 radical (unpaired) electrons. The van der Waals surface area contributed by atoms with E-state index in [1.165, 1.54) is 12.5 Å². The zero-order valence-corrected chi connectivity index (χ0v) is 8.67. The summed E-state index contributed by atoms with van der Waals surface area (Å²) < 4.78 is 4.76. The number of hydrogen-bond donors (Lipinski definition) is 0. The number of carbonyl (C=O) groups is 1. The summed E-state index contributed by atoms with van der Waals surface area (Å²) in [6.45, 7) is 6.00. The first-order valence-corrected chi connectivity index (χ1v) is 4.69. The van der Waals surface area contributed by atoms with Gasteiger partial charge in [0.05, 0.1) is 0 Å². The van der Waals surface area contributed by atoms with Crippen molar-refractivity contribution in [1.82, 2.24) is 0 Å². The summed E-state index contributed by atoms with van der Waals surface area (Å²) in [5, 5.41) is 0. The van der Waals surface area contributed by atoms with Crippen molar-refractivity contribution in [1.29, 1.82) is 0 Å². The molecule has 0 aromatic rings. The maximum Gasteiger partial charge on any atom is 0.302 e. The molecule has 0 amide bonds. The highest BCUT2D eigenvalue weighted by molar-refractivity contribution is 5.66. The van der Waals surface area contributed by atoms with E-state index in [0.717, 1.165) is 12.8 Å². The Labute approximate surface area is 80.3 Å². The van der Waals surface area contributed by atoms with Gasteiger partial charge < -0.3 is 4.74 Å². The van der Waals surface area contributed by atoms with Crippen LogP contribution < -0.4 is 0 Å². The van der Waals surface area contributed by atoms with E-state index >= 15 is 0 Å². The molecule has 13 heavy (non-hydrogen) atoms. The van der Waals surface area contributed by atoms with Crippen molar-refractivity contribution in [3.63, 3.8) is 0 Å². The predicted molar refractivity (Wildman–Crippen MR) is 54.4 cm³/mol. The Kier molecular flexibility index (Phi) is 6.98. The lowest BCUT2D eigenvalue weighted by molar-refractivity contribution is -0.139. The van der Waals surface area contributed by atoms with Gasteiger partial charge in [-0.3, -0.25) is 4.79 Å². The predicted octanol–water partition coefficient (Wildman–Crippen LogP) is 2.85. The summed E-state index contributed by atoms with van der Waals surface area (Å²) in [5.41, 5.74) is 1.29. The average molecular weight is 182 g/mol. The van der Waals surface area contributed by atoms with Crippen molar-refractivity contribution in [3.8, 4) is 0 Å². The number of esters is 1. The van der Waals surface area contributed by atoms with E-state index in [1.54, 1.807) is 0 Å². The van der Waals surface area contributed by atoms with Crippen molar-refractivity contribution < 1.29 is 9.53 Å². The molecule has 0 atom stereocenters. The molecule has 0 fully saturated rings. The highest BCUT2D eigenvalue weighted by Gasteiger charge is 1.88. The minimum Gasteiger partial charge on any atom is -0.462 e. The summed E-state index contributed by atoms with van der Waals surface area (Å²) in [7, 11) is 0. The third kappa shape index (κ3) is 7.32. The topological polar surface area (TPSA) is 26.3 Å². The van der Waals surface area contributed by atoms with Crippen molar-refractivity contribution >= 4 is 5.97 Å². The van der Waals surface area contributed by atoms with Crippen molar-refractivity contribution in [2.75, 3.05) is 6.61 Å². The highest BCUT2D eigenvalue weighted by atomic mass is 16.5. The molecule has 0 aliphatic carbocycles. The quantitative estimate of drug-likeness (QED) is 0.482. The van der Waals surface area contributed by atoms with Gasteiger partial charge in [0, 0.05) is 6.92 Å². The zero-order chi connectivity index (χ0) is 10.1. The Morgan fingerprint density at radius 1 is 1.38 bits per heavy atom. The van der Waals surface area contributed by atoms with E-state index in [9.17, 15) is 4.79 Å². The van der Waals surface area contributed by atoms with E-state index in [2.05, 4.69) is 19.9 Å². The van der Waals surface area contributed by atoms with E-state index in [4.69, 9.17) is 4.74 Å². The van der Waals surface area contributed by atoms with Crippen LogP contribution in [0.1, 0.15) is 33.6 Å². The van der Waals surface area contributed by atoms with Crippen LogP contribution in [0.15, 0.2) is 23.8 Å². The van der Waals surface area contributed by atoms with Crippen molar-refractivity contribution in [2.45, 2.75) is 33.6 Å². The van der Waals surface area contributed by atoms with Crippen LogP contribution in [0.4, 0.5) is 0 Å². The molecule has 0 aromatic heterocycles. The second-order valence-electron chi connectivity index (χ2n) is 2.75. The fourth-order valence-corrected chi connectivity index (χ4v) is 0.957. The molecule has 0 N–H and O–H groups in total. The largest absolute Gasteiger partial charge is 0.462 e. The van der Waals surface area contributed by atoms with Gasteiger partial charge in [-0.25, -0.2) is 0 Å². The lowest BCUT2D eigenvalue weighted by Gasteiger charge is -1.97. The summed E-state index contributed by atoms with van der Waals surface area (Å²) in [5.74, 6) is -0.234. The maximum absolute atomic E-state index is 10.4. The van der Waals surface area contributed by atoms with Crippen molar-refractivity contribution in [3.05, 3.63) is 23.8 Å². The Hall–Kier alpha value is -1.05. The molecular formula is C11H18O2. The zero-order valence-electron chi connectivity index (χ0n) is 8.67. The van der Waals surface area contributed by atoms with Crippen LogP contribution in [0.5, 0.6) is 0 Å². The minimum absolute atomic E-state index is 0.234. The molecule has 2 heteroatoms. The van der Waals surface area contributed by atoms with Crippen LogP contribution in [0.25, 0.3) is 0 Å². The number of ether oxygens (including phenoxy) is 1. The molecule has 0 saturated heterocycles. The molecule has 0 bridgehead atoms. The van der Waals surface area contributed by atoms with Crippen LogP contribution in [0.3, 0.4) is 0 Å². The lowest BCUT2D eigenvalue weighted by atomic mass is 10.1. The lowest BCUT2D eigenvalue weighted by Crippen LogP contribution is -1.97. The summed E-state index contributed by atoms with van der Waals surface area (Å²) >= 11 is 0. The van der Waals surface area contributed by atoms with Gasteiger partial charge in [0.1, 0.15) is 6.61 Å². The Morgan fingerprint density at radius 2 is 2.08 bits per heavy atom. The summed E-state index contributed by atoms with van der Waals surface area (Å²) in [4.78, 5) is 10.4. The van der Waals surface area contributed by atoms with Crippen LogP contribution in [0, 0.1) is 0 Å². The van der Waals surface area contributed by atoms with Gasteiger partial charge in [0.2, 0.25) is 0 Å². The SMILES string of the molecule is CCC=C(C=CCOC(C)=O)CC. The van der Waals surface area contributed by atoms with Crippen molar-refractivity contribution in [2.24, 2.45) is 0 Å². The normalized spacial score (nSPS) is 12.1. The van der Waals surface area contributed by atoms with Crippen LogP contribution in [-0.4, -0.2) is 12.6 Å². The molecule has 0 rings (SSSR count). The Bertz CT molecular complexity index is 202. The van der Waals surface area contributed by atoms with Gasteiger partial charge >= 0.3 is 5.97 Å². The second kappa shape index (κ2) is 7.59. The average Bonchev–Trinajstić information content (AvgIpc) is 2.10. The van der Waals surface area contributed by atoms with Gasteiger partial charge in [-0.05, 0) is 18.9 Å². The maximum atomic E-state index is 10.4. The molecule has 0 unspecified atom stereocenters. The van der Waals surface area contributed by atoms with E-state index in [-0.39, 0.29) is 5.97 Å². The molecule has 0 heterocycles. The van der Waals surface area contributed by atoms with Gasteiger partial charge in [0.25, 0.3) is 0 Å². The highest BCUT2D eigenvalue weighted by Crippen LogP contribution is 2.03. The van der Waals surface area contributed by atoms with Gasteiger partial charge in [0.15, 0.2) is 0 Å². The van der Waals surface area contributed by atoms with Crippen LogP contribution >= 0.6 is 0 Å². The number of rotatable bonds is 5. The van der Waals surface area contributed by atoms with E-state index in [1.807, 2.05) is 12.2 Å². The molecule has 0 saturated carbocycles. The first kappa shape index (κ1) is 11.9. The molecule has 0 spiro atoms. The van der Waals surface area contributed by atoms with Gasteiger partial charge in [-0.15, -0.1) is 0 Å². The number of carbonyl (C=O) groups excluding carboxylic acids is 1. The molecule has 0 aliphatic rings. The standard InChI is InChI=1S/C11H18O2/c1-4-7-11(5-2)8-6-9-13-10(3)12/h6-8H,4-5,9H2,1-3H3. The van der Waals surface area contributed by atoms with E-state index in [0.29, 0.717) is 6.61 Å². The molecule has 2 nitrogen and oxygen atoms in total. The first-order chi connectivity index (χ1) is 6.20.